The number of nitrogens with zero attached hydrogens (tertiary/aromatic N) is 2. The predicted octanol–water partition coefficient (Wildman–Crippen LogP) is 2.43. The summed E-state index contributed by atoms with van der Waals surface area (Å²) in [5.74, 6) is -1.47. The summed E-state index contributed by atoms with van der Waals surface area (Å²) >= 11 is 5.80. The Bertz CT molecular complexity index is 825. The number of carbonyl (C=O) groups excluding carboxylic acids is 1. The van der Waals surface area contributed by atoms with Crippen LogP contribution in [0.1, 0.15) is 26.5 Å². The highest BCUT2D eigenvalue weighted by Gasteiger charge is 2.25. The topological polar surface area (TPSA) is 102 Å². The molecule has 1 amide bonds. The number of hydrogen-bond donors (Lipinski definition) is 1. The van der Waals surface area contributed by atoms with Crippen molar-refractivity contribution in [2.75, 3.05) is 11.1 Å². The Labute approximate surface area is 139 Å². The second-order valence-corrected chi connectivity index (χ2v) is 8.24. The Morgan fingerprint density at radius 3 is 2.65 bits per heavy atom. The number of hydrogen-bond acceptors (Lipinski definition) is 6. The van der Waals surface area contributed by atoms with Crippen LogP contribution in [0.15, 0.2) is 33.9 Å². The molecule has 2 rings (SSSR count). The fourth-order valence-corrected chi connectivity index (χ4v) is 3.32. The summed E-state index contributed by atoms with van der Waals surface area (Å²) < 4.78 is 29.3. The molecule has 0 bridgehead atoms. The number of amides is 1. The van der Waals surface area contributed by atoms with Gasteiger partial charge in [-0.2, -0.15) is 0 Å². The van der Waals surface area contributed by atoms with Gasteiger partial charge in [0.15, 0.2) is 5.03 Å². The van der Waals surface area contributed by atoms with Crippen LogP contribution in [0.3, 0.4) is 0 Å². The summed E-state index contributed by atoms with van der Waals surface area (Å²) in [6, 6.07) is 4.45. The van der Waals surface area contributed by atoms with E-state index in [9.17, 15) is 13.2 Å². The van der Waals surface area contributed by atoms with Crippen molar-refractivity contribution in [1.82, 2.24) is 10.1 Å². The van der Waals surface area contributed by atoms with Crippen molar-refractivity contribution in [3.8, 4) is 0 Å². The van der Waals surface area contributed by atoms with E-state index in [0.717, 1.165) is 0 Å². The van der Waals surface area contributed by atoms with Gasteiger partial charge in [-0.25, -0.2) is 13.4 Å². The molecule has 0 aliphatic carbocycles. The highest BCUT2D eigenvalue weighted by molar-refractivity contribution is 7.92. The van der Waals surface area contributed by atoms with Crippen LogP contribution in [0.4, 0.5) is 5.88 Å². The van der Waals surface area contributed by atoms with Crippen LogP contribution in [0.25, 0.3) is 0 Å². The number of anilines is 1. The molecule has 1 N–H and O–H groups in total. The van der Waals surface area contributed by atoms with E-state index in [1.54, 1.807) is 6.07 Å². The molecule has 0 unspecified atom stereocenters. The number of halogens is 1. The Kier molecular flexibility index (Phi) is 4.76. The Morgan fingerprint density at radius 2 is 2.09 bits per heavy atom. The predicted molar refractivity (Wildman–Crippen MR) is 85.1 cm³/mol. The Hall–Kier alpha value is -1.93. The minimum Gasteiger partial charge on any atom is -0.338 e. The van der Waals surface area contributed by atoms with Gasteiger partial charge in [-0.05, 0) is 12.1 Å². The maximum atomic E-state index is 12.2. The lowest BCUT2D eigenvalue weighted by Gasteiger charge is -2.12. The lowest BCUT2D eigenvalue weighted by molar-refractivity contribution is -0.114. The van der Waals surface area contributed by atoms with Crippen LogP contribution >= 0.6 is 11.6 Å². The zero-order valence-corrected chi connectivity index (χ0v) is 14.4. The van der Waals surface area contributed by atoms with E-state index < -0.39 is 21.5 Å². The number of carbonyl (C=O) groups is 1. The van der Waals surface area contributed by atoms with Crippen molar-refractivity contribution >= 4 is 33.2 Å². The summed E-state index contributed by atoms with van der Waals surface area (Å²) in [4.78, 5) is 15.6. The van der Waals surface area contributed by atoms with Crippen molar-refractivity contribution in [1.29, 1.82) is 0 Å². The molecule has 23 heavy (non-hydrogen) atoms. The third kappa shape index (κ3) is 4.29. The van der Waals surface area contributed by atoms with Crippen LogP contribution < -0.4 is 5.32 Å². The first-order chi connectivity index (χ1) is 10.6. The average molecular weight is 358 g/mol. The van der Waals surface area contributed by atoms with Gasteiger partial charge in [-0.15, -0.1) is 0 Å². The van der Waals surface area contributed by atoms with Crippen molar-refractivity contribution in [2.45, 2.75) is 31.2 Å². The zero-order valence-electron chi connectivity index (χ0n) is 12.8. The summed E-state index contributed by atoms with van der Waals surface area (Å²) in [5, 5.41) is 5.84. The molecule has 0 fully saturated rings. The summed E-state index contributed by atoms with van der Waals surface area (Å²) in [5.41, 5.74) is 0.392. The first-order valence-corrected chi connectivity index (χ1v) is 8.73. The number of rotatable bonds is 4. The molecular formula is C14H16ClN3O4S. The third-order valence-corrected chi connectivity index (χ3v) is 4.86. The average Bonchev–Trinajstić information content (AvgIpc) is 2.86. The molecule has 124 valence electrons. The highest BCUT2D eigenvalue weighted by atomic mass is 35.5. The van der Waals surface area contributed by atoms with Crippen LogP contribution in [0.5, 0.6) is 0 Å². The molecule has 2 aromatic heterocycles. The third-order valence-electron chi connectivity index (χ3n) is 2.88. The maximum Gasteiger partial charge on any atom is 0.242 e. The van der Waals surface area contributed by atoms with Gasteiger partial charge in [-0.3, -0.25) is 10.1 Å². The lowest BCUT2D eigenvalue weighted by atomic mass is 9.92. The smallest absolute Gasteiger partial charge is 0.242 e. The van der Waals surface area contributed by atoms with E-state index in [4.69, 9.17) is 16.1 Å². The molecule has 0 aliphatic heterocycles. The van der Waals surface area contributed by atoms with E-state index in [1.165, 1.54) is 18.3 Å². The molecule has 2 heterocycles. The molecule has 0 saturated carbocycles. The van der Waals surface area contributed by atoms with E-state index >= 15 is 0 Å². The second-order valence-electron chi connectivity index (χ2n) is 5.92. The van der Waals surface area contributed by atoms with Crippen LogP contribution in [-0.2, 0) is 20.0 Å². The molecule has 0 aromatic carbocycles. The summed E-state index contributed by atoms with van der Waals surface area (Å²) in [6.07, 6.45) is 1.29. The van der Waals surface area contributed by atoms with Crippen LogP contribution in [0.2, 0.25) is 5.02 Å². The normalized spacial score (nSPS) is 12.2. The molecule has 9 heteroatoms. The zero-order chi connectivity index (χ0) is 17.3. The van der Waals surface area contributed by atoms with Crippen molar-refractivity contribution in [3.63, 3.8) is 0 Å². The minimum absolute atomic E-state index is 0.0324. The van der Waals surface area contributed by atoms with Gasteiger partial charge in [0.1, 0.15) is 5.75 Å². The highest BCUT2D eigenvalue weighted by Crippen LogP contribution is 2.24. The number of pyridine rings is 1. The van der Waals surface area contributed by atoms with Crippen molar-refractivity contribution in [2.24, 2.45) is 0 Å². The molecule has 0 saturated heterocycles. The van der Waals surface area contributed by atoms with Crippen LogP contribution in [-0.4, -0.2) is 30.2 Å². The van der Waals surface area contributed by atoms with Crippen LogP contribution in [0, 0.1) is 0 Å². The molecule has 0 aliphatic rings. The van der Waals surface area contributed by atoms with E-state index in [1.807, 2.05) is 20.8 Å². The molecular weight excluding hydrogens is 342 g/mol. The second kappa shape index (κ2) is 6.29. The van der Waals surface area contributed by atoms with Gasteiger partial charge in [0.05, 0.1) is 10.7 Å². The SMILES string of the molecule is CC(C)(C)c1cc(NC(=O)CS(=O)(=O)c2ncccc2Cl)on1. The standard InChI is InChI=1S/C14H16ClN3O4S/c1-14(2,3)10-7-12(22-18-10)17-11(19)8-23(20,21)13-9(15)5-4-6-16-13/h4-7H,8H2,1-3H3,(H,17,19). The quantitative estimate of drug-likeness (QED) is 0.901. The van der Waals surface area contributed by atoms with Gasteiger partial charge >= 0.3 is 0 Å². The fraction of sp³-hybridized carbons (Fsp3) is 0.357. The molecule has 7 nitrogen and oxygen atoms in total. The number of sulfone groups is 1. The van der Waals surface area contributed by atoms with Gasteiger partial charge in [0.25, 0.3) is 0 Å². The minimum atomic E-state index is -3.95. The van der Waals surface area contributed by atoms with Crippen molar-refractivity contribution in [3.05, 3.63) is 35.1 Å². The first kappa shape index (κ1) is 17.4. The van der Waals surface area contributed by atoms with Gasteiger partial charge in [0, 0.05) is 17.7 Å². The molecule has 0 radical (unpaired) electrons. The van der Waals surface area contributed by atoms with Gasteiger partial charge in [-0.1, -0.05) is 37.5 Å². The Balaban J connectivity index is 2.11. The first-order valence-electron chi connectivity index (χ1n) is 6.70. The molecule has 0 atom stereocenters. The van der Waals surface area contributed by atoms with Gasteiger partial charge in [0.2, 0.25) is 21.6 Å². The Morgan fingerprint density at radius 1 is 1.39 bits per heavy atom. The number of aromatic nitrogens is 2. The summed E-state index contributed by atoms with van der Waals surface area (Å²) in [6.45, 7) is 5.80. The largest absolute Gasteiger partial charge is 0.338 e. The number of nitrogens with one attached hydrogen (secondary N) is 1. The van der Waals surface area contributed by atoms with E-state index in [0.29, 0.717) is 5.69 Å². The van der Waals surface area contributed by atoms with E-state index in [2.05, 4.69) is 15.5 Å². The molecule has 0 spiro atoms. The maximum absolute atomic E-state index is 12.2. The monoisotopic (exact) mass is 357 g/mol. The lowest BCUT2D eigenvalue weighted by Crippen LogP contribution is -2.23. The summed E-state index contributed by atoms with van der Waals surface area (Å²) in [7, 11) is -3.95. The molecule has 2 aromatic rings. The fourth-order valence-electron chi connectivity index (χ4n) is 1.70. The van der Waals surface area contributed by atoms with E-state index in [-0.39, 0.29) is 21.3 Å². The van der Waals surface area contributed by atoms with Gasteiger partial charge < -0.3 is 4.52 Å². The van der Waals surface area contributed by atoms with Crippen molar-refractivity contribution < 1.29 is 17.7 Å².